The van der Waals surface area contributed by atoms with E-state index >= 15 is 0 Å². The van der Waals surface area contributed by atoms with Crippen LogP contribution in [0.25, 0.3) is 0 Å². The zero-order valence-electron chi connectivity index (χ0n) is 12.0. The summed E-state index contributed by atoms with van der Waals surface area (Å²) in [5, 5.41) is 0.667. The lowest BCUT2D eigenvalue weighted by Crippen LogP contribution is -2.36. The van der Waals surface area contributed by atoms with Crippen LogP contribution in [0.4, 0.5) is 0 Å². The lowest BCUT2D eigenvalue weighted by atomic mass is 9.79. The van der Waals surface area contributed by atoms with E-state index in [1.54, 1.807) is 12.1 Å². The molecule has 19 heavy (non-hydrogen) atoms. The number of hydrogen-bond donors (Lipinski definition) is 1. The van der Waals surface area contributed by atoms with Crippen molar-refractivity contribution in [1.29, 1.82) is 0 Å². The van der Waals surface area contributed by atoms with Gasteiger partial charge in [-0.05, 0) is 38.5 Å². The third-order valence-electron chi connectivity index (χ3n) is 2.95. The molecule has 1 atom stereocenters. The highest BCUT2D eigenvalue weighted by molar-refractivity contribution is 6.30. The monoisotopic (exact) mass is 283 g/mol. The van der Waals surface area contributed by atoms with Gasteiger partial charge in [0.15, 0.2) is 0 Å². The highest BCUT2D eigenvalue weighted by Gasteiger charge is 2.30. The van der Waals surface area contributed by atoms with Gasteiger partial charge in [0.25, 0.3) is 0 Å². The molecule has 0 aliphatic heterocycles. The summed E-state index contributed by atoms with van der Waals surface area (Å²) in [6, 6.07) is 7.42. The molecule has 0 saturated carbocycles. The number of rotatable bonds is 4. The third-order valence-corrected chi connectivity index (χ3v) is 3.20. The minimum Gasteiger partial charge on any atom is -0.460 e. The number of ether oxygens (including phenoxy) is 1. The van der Waals surface area contributed by atoms with Gasteiger partial charge in [0.1, 0.15) is 5.60 Å². The highest BCUT2D eigenvalue weighted by atomic mass is 35.5. The van der Waals surface area contributed by atoms with Gasteiger partial charge in [-0.1, -0.05) is 30.7 Å². The Kier molecular flexibility index (Phi) is 4.99. The van der Waals surface area contributed by atoms with Gasteiger partial charge in [0, 0.05) is 17.0 Å². The van der Waals surface area contributed by atoms with Gasteiger partial charge in [-0.25, -0.2) is 0 Å². The Morgan fingerprint density at radius 1 is 1.21 bits per heavy atom. The van der Waals surface area contributed by atoms with Gasteiger partial charge >= 0.3 is 5.97 Å². The first kappa shape index (κ1) is 16.0. The third kappa shape index (κ3) is 4.84. The topological polar surface area (TPSA) is 52.3 Å². The van der Waals surface area contributed by atoms with E-state index in [0.29, 0.717) is 11.6 Å². The van der Waals surface area contributed by atoms with Crippen molar-refractivity contribution in [3.05, 3.63) is 34.9 Å². The maximum absolute atomic E-state index is 12.0. The normalized spacial score (nSPS) is 14.8. The standard InChI is InChI=1S/C15H22ClNO2/c1-14(2,3)19-13(18)9-15(4,10-17)11-5-7-12(16)8-6-11/h5-8H,9-10,17H2,1-4H3. The van der Waals surface area contributed by atoms with E-state index in [9.17, 15) is 4.79 Å². The van der Waals surface area contributed by atoms with Crippen LogP contribution in [0.2, 0.25) is 5.02 Å². The van der Waals surface area contributed by atoms with Gasteiger partial charge < -0.3 is 10.5 Å². The molecular formula is C15H22ClNO2. The molecule has 0 aliphatic carbocycles. The summed E-state index contributed by atoms with van der Waals surface area (Å²) < 4.78 is 5.36. The summed E-state index contributed by atoms with van der Waals surface area (Å²) in [5.74, 6) is -0.240. The molecule has 0 aliphatic rings. The van der Waals surface area contributed by atoms with Crippen LogP contribution in [0.15, 0.2) is 24.3 Å². The maximum Gasteiger partial charge on any atom is 0.307 e. The number of nitrogens with two attached hydrogens (primary N) is 1. The minimum absolute atomic E-state index is 0.240. The number of hydrogen-bond acceptors (Lipinski definition) is 3. The van der Waals surface area contributed by atoms with Gasteiger partial charge in [-0.2, -0.15) is 0 Å². The lowest BCUT2D eigenvalue weighted by Gasteiger charge is -2.29. The second-order valence-corrected chi connectivity index (χ2v) is 6.47. The molecule has 0 aromatic heterocycles. The largest absolute Gasteiger partial charge is 0.460 e. The zero-order chi connectivity index (χ0) is 14.7. The number of esters is 1. The predicted molar refractivity (Wildman–Crippen MR) is 78.3 cm³/mol. The Balaban J connectivity index is 2.86. The van der Waals surface area contributed by atoms with Crippen LogP contribution in [0.1, 0.15) is 39.7 Å². The van der Waals surface area contributed by atoms with Crippen LogP contribution >= 0.6 is 11.6 Å². The van der Waals surface area contributed by atoms with Crippen molar-refractivity contribution in [2.75, 3.05) is 6.54 Å². The Morgan fingerprint density at radius 3 is 2.16 bits per heavy atom. The van der Waals surface area contributed by atoms with Crippen molar-refractivity contribution < 1.29 is 9.53 Å². The van der Waals surface area contributed by atoms with Crippen molar-refractivity contribution in [3.63, 3.8) is 0 Å². The van der Waals surface area contributed by atoms with Crippen LogP contribution in [0.3, 0.4) is 0 Å². The molecule has 106 valence electrons. The van der Waals surface area contributed by atoms with E-state index in [2.05, 4.69) is 0 Å². The zero-order valence-corrected chi connectivity index (χ0v) is 12.8. The molecule has 0 heterocycles. The molecule has 1 unspecified atom stereocenters. The number of halogens is 1. The van der Waals surface area contributed by atoms with Crippen LogP contribution in [-0.2, 0) is 14.9 Å². The molecule has 1 aromatic rings. The van der Waals surface area contributed by atoms with Crippen LogP contribution in [-0.4, -0.2) is 18.1 Å². The van der Waals surface area contributed by atoms with Crippen LogP contribution in [0.5, 0.6) is 0 Å². The molecule has 0 fully saturated rings. The first-order chi connectivity index (χ1) is 8.66. The second-order valence-electron chi connectivity index (χ2n) is 6.03. The number of benzene rings is 1. The van der Waals surface area contributed by atoms with Crippen molar-refractivity contribution in [3.8, 4) is 0 Å². The highest BCUT2D eigenvalue weighted by Crippen LogP contribution is 2.28. The molecule has 0 saturated heterocycles. The quantitative estimate of drug-likeness (QED) is 0.863. The van der Waals surface area contributed by atoms with Crippen molar-refractivity contribution in [2.24, 2.45) is 5.73 Å². The molecule has 0 bridgehead atoms. The fourth-order valence-electron chi connectivity index (χ4n) is 1.84. The van der Waals surface area contributed by atoms with E-state index in [4.69, 9.17) is 22.1 Å². The Bertz CT molecular complexity index is 436. The summed E-state index contributed by atoms with van der Waals surface area (Å²) in [4.78, 5) is 12.0. The second kappa shape index (κ2) is 5.93. The summed E-state index contributed by atoms with van der Waals surface area (Å²) in [5.41, 5.74) is 5.92. The first-order valence-corrected chi connectivity index (χ1v) is 6.72. The summed E-state index contributed by atoms with van der Waals surface area (Å²) in [7, 11) is 0. The molecule has 0 radical (unpaired) electrons. The molecule has 3 nitrogen and oxygen atoms in total. The van der Waals surface area contributed by atoms with Crippen molar-refractivity contribution >= 4 is 17.6 Å². The molecular weight excluding hydrogens is 262 g/mol. The molecule has 0 amide bonds. The van der Waals surface area contributed by atoms with Gasteiger partial charge in [-0.15, -0.1) is 0 Å². The number of carbonyl (C=O) groups excluding carboxylic acids is 1. The van der Waals surface area contributed by atoms with E-state index in [1.807, 2.05) is 39.8 Å². The van der Waals surface area contributed by atoms with Crippen LogP contribution < -0.4 is 5.73 Å². The average Bonchev–Trinajstić information content (AvgIpc) is 2.26. The molecule has 1 rings (SSSR count). The fourth-order valence-corrected chi connectivity index (χ4v) is 1.97. The van der Waals surface area contributed by atoms with Crippen molar-refractivity contribution in [1.82, 2.24) is 0 Å². The number of carbonyl (C=O) groups is 1. The van der Waals surface area contributed by atoms with Gasteiger partial charge in [0.05, 0.1) is 6.42 Å². The van der Waals surface area contributed by atoms with Gasteiger partial charge in [0.2, 0.25) is 0 Å². The van der Waals surface area contributed by atoms with E-state index in [-0.39, 0.29) is 12.4 Å². The molecule has 1 aromatic carbocycles. The molecule has 2 N–H and O–H groups in total. The lowest BCUT2D eigenvalue weighted by molar-refractivity contribution is -0.156. The fraction of sp³-hybridized carbons (Fsp3) is 0.533. The smallest absolute Gasteiger partial charge is 0.307 e. The summed E-state index contributed by atoms with van der Waals surface area (Å²) in [6.45, 7) is 7.89. The Morgan fingerprint density at radius 2 is 1.74 bits per heavy atom. The predicted octanol–water partition coefficient (Wildman–Crippen LogP) is 3.29. The summed E-state index contributed by atoms with van der Waals surface area (Å²) >= 11 is 5.87. The Labute approximate surface area is 120 Å². The SMILES string of the molecule is CC(C)(C)OC(=O)CC(C)(CN)c1ccc(Cl)cc1. The molecule has 0 spiro atoms. The first-order valence-electron chi connectivity index (χ1n) is 6.34. The maximum atomic E-state index is 12.0. The molecule has 4 heteroatoms. The van der Waals surface area contributed by atoms with Crippen molar-refractivity contribution in [2.45, 2.75) is 45.1 Å². The minimum atomic E-state index is -0.480. The van der Waals surface area contributed by atoms with E-state index < -0.39 is 11.0 Å². The summed E-state index contributed by atoms with van der Waals surface area (Å²) in [6.07, 6.45) is 0.252. The van der Waals surface area contributed by atoms with E-state index in [1.165, 1.54) is 0 Å². The van der Waals surface area contributed by atoms with Crippen LogP contribution in [0, 0.1) is 0 Å². The van der Waals surface area contributed by atoms with E-state index in [0.717, 1.165) is 5.56 Å². The van der Waals surface area contributed by atoms with Gasteiger partial charge in [-0.3, -0.25) is 4.79 Å². The average molecular weight is 284 g/mol. The Hall–Kier alpha value is -1.06.